The van der Waals surface area contributed by atoms with E-state index in [0.29, 0.717) is 56.7 Å². The molecule has 1 N–H and O–H groups in total. The monoisotopic (exact) mass is 465 g/mol. The summed E-state index contributed by atoms with van der Waals surface area (Å²) in [5, 5.41) is 6.87. The van der Waals surface area contributed by atoms with Gasteiger partial charge in [0.25, 0.3) is 11.5 Å². The van der Waals surface area contributed by atoms with E-state index in [-0.39, 0.29) is 23.1 Å². The van der Waals surface area contributed by atoms with Crippen LogP contribution in [0.1, 0.15) is 33.6 Å². The first-order valence-electron chi connectivity index (χ1n) is 11.0. The summed E-state index contributed by atoms with van der Waals surface area (Å²) >= 11 is 1.57. The summed E-state index contributed by atoms with van der Waals surface area (Å²) < 4.78 is 7.00. The number of amides is 2. The van der Waals surface area contributed by atoms with Gasteiger partial charge in [0.1, 0.15) is 11.3 Å². The number of hydrogen-bond donors (Lipinski definition) is 1. The SMILES string of the molecule is COc1cc(=O)n2c(c1C(=O)NCc1ccsc1)CCN(C(=O)CCc1ccccc1)CC2. The van der Waals surface area contributed by atoms with Gasteiger partial charge >= 0.3 is 0 Å². The Morgan fingerprint density at radius 1 is 1.09 bits per heavy atom. The van der Waals surface area contributed by atoms with Gasteiger partial charge in [-0.05, 0) is 34.4 Å². The van der Waals surface area contributed by atoms with Crippen LogP contribution in [-0.2, 0) is 30.7 Å². The number of rotatable bonds is 7. The minimum Gasteiger partial charge on any atom is -0.496 e. The Morgan fingerprint density at radius 2 is 1.91 bits per heavy atom. The highest BCUT2D eigenvalue weighted by atomic mass is 32.1. The van der Waals surface area contributed by atoms with Gasteiger partial charge in [0.15, 0.2) is 0 Å². The second kappa shape index (κ2) is 10.5. The molecular formula is C25H27N3O4S. The molecule has 0 saturated carbocycles. The zero-order valence-corrected chi connectivity index (χ0v) is 19.4. The third-order valence-electron chi connectivity index (χ3n) is 5.90. The molecule has 8 heteroatoms. The average Bonchev–Trinajstić information content (AvgIpc) is 3.26. The van der Waals surface area contributed by atoms with E-state index in [1.807, 2.05) is 47.2 Å². The maximum Gasteiger partial charge on any atom is 0.257 e. The number of hydrogen-bond acceptors (Lipinski definition) is 5. The van der Waals surface area contributed by atoms with Crippen molar-refractivity contribution < 1.29 is 14.3 Å². The fraction of sp³-hybridized carbons (Fsp3) is 0.320. The molecule has 0 fully saturated rings. The van der Waals surface area contributed by atoms with Gasteiger partial charge in [0.2, 0.25) is 5.91 Å². The molecule has 4 rings (SSSR count). The van der Waals surface area contributed by atoms with E-state index in [4.69, 9.17) is 4.74 Å². The normalized spacial score (nSPS) is 13.2. The number of aryl methyl sites for hydroxylation is 1. The molecule has 3 heterocycles. The molecule has 0 atom stereocenters. The van der Waals surface area contributed by atoms with Crippen molar-refractivity contribution >= 4 is 23.2 Å². The molecule has 0 bridgehead atoms. The Bertz CT molecular complexity index is 1170. The quantitative estimate of drug-likeness (QED) is 0.582. The molecule has 3 aromatic rings. The van der Waals surface area contributed by atoms with E-state index >= 15 is 0 Å². The van der Waals surface area contributed by atoms with Crippen molar-refractivity contribution in [2.45, 2.75) is 32.4 Å². The van der Waals surface area contributed by atoms with Crippen molar-refractivity contribution in [3.63, 3.8) is 0 Å². The van der Waals surface area contributed by atoms with Crippen molar-refractivity contribution in [3.05, 3.63) is 86.0 Å². The lowest BCUT2D eigenvalue weighted by atomic mass is 10.1. The van der Waals surface area contributed by atoms with Gasteiger partial charge in [-0.2, -0.15) is 11.3 Å². The number of benzene rings is 1. The fourth-order valence-electron chi connectivity index (χ4n) is 4.12. The number of pyridine rings is 1. The van der Waals surface area contributed by atoms with Crippen LogP contribution in [-0.4, -0.2) is 41.5 Å². The van der Waals surface area contributed by atoms with Crippen LogP contribution in [0.25, 0.3) is 0 Å². The van der Waals surface area contributed by atoms with Gasteiger partial charge in [-0.3, -0.25) is 14.4 Å². The minimum atomic E-state index is -0.286. The predicted octanol–water partition coefficient (Wildman–Crippen LogP) is 2.87. The van der Waals surface area contributed by atoms with Gasteiger partial charge in [-0.1, -0.05) is 30.3 Å². The first-order chi connectivity index (χ1) is 16.1. The lowest BCUT2D eigenvalue weighted by Gasteiger charge is -2.20. The van der Waals surface area contributed by atoms with Crippen LogP contribution in [0.2, 0.25) is 0 Å². The zero-order chi connectivity index (χ0) is 23.2. The van der Waals surface area contributed by atoms with Crippen molar-refractivity contribution in [2.75, 3.05) is 20.2 Å². The summed E-state index contributed by atoms with van der Waals surface area (Å²) in [5.41, 5.74) is 2.89. The third-order valence-corrected chi connectivity index (χ3v) is 6.63. The van der Waals surface area contributed by atoms with E-state index in [1.165, 1.54) is 13.2 Å². The number of nitrogens with zero attached hydrogens (tertiary/aromatic N) is 2. The number of thiophene rings is 1. The molecule has 33 heavy (non-hydrogen) atoms. The molecule has 7 nitrogen and oxygen atoms in total. The summed E-state index contributed by atoms with van der Waals surface area (Å²) in [4.78, 5) is 40.5. The molecule has 0 unspecified atom stereocenters. The largest absolute Gasteiger partial charge is 0.496 e. The number of ether oxygens (including phenoxy) is 1. The van der Waals surface area contributed by atoms with Crippen LogP contribution in [0.15, 0.2) is 58.0 Å². The Kier molecular flexibility index (Phi) is 7.24. The van der Waals surface area contributed by atoms with Crippen molar-refractivity contribution in [1.82, 2.24) is 14.8 Å². The van der Waals surface area contributed by atoms with Crippen LogP contribution in [0.3, 0.4) is 0 Å². The number of carbonyl (C=O) groups is 2. The molecule has 0 radical (unpaired) electrons. The van der Waals surface area contributed by atoms with Crippen LogP contribution in [0, 0.1) is 0 Å². The molecular weight excluding hydrogens is 438 g/mol. The van der Waals surface area contributed by atoms with Gasteiger partial charge in [0, 0.05) is 50.8 Å². The highest BCUT2D eigenvalue weighted by molar-refractivity contribution is 7.07. The number of carbonyl (C=O) groups excluding carboxylic acids is 2. The van der Waals surface area contributed by atoms with Crippen molar-refractivity contribution in [2.24, 2.45) is 0 Å². The minimum absolute atomic E-state index is 0.0510. The maximum atomic E-state index is 13.1. The van der Waals surface area contributed by atoms with Crippen molar-refractivity contribution in [1.29, 1.82) is 0 Å². The molecule has 172 valence electrons. The molecule has 1 aliphatic heterocycles. The van der Waals surface area contributed by atoms with E-state index in [1.54, 1.807) is 20.8 Å². The molecule has 2 aromatic heterocycles. The van der Waals surface area contributed by atoms with Gasteiger partial charge in [-0.15, -0.1) is 0 Å². The molecule has 1 aromatic carbocycles. The standard InChI is InChI=1S/C25H27N3O4S/c1-32-21-15-23(30)28-13-12-27(22(29)8-7-18-5-3-2-4-6-18)11-9-20(28)24(21)25(31)26-16-19-10-14-33-17-19/h2-6,10,14-15,17H,7-9,11-13,16H2,1H3,(H,26,31). The van der Waals surface area contributed by atoms with E-state index < -0.39 is 0 Å². The van der Waals surface area contributed by atoms with Gasteiger partial charge < -0.3 is 19.5 Å². The van der Waals surface area contributed by atoms with Gasteiger partial charge in [0.05, 0.1) is 7.11 Å². The van der Waals surface area contributed by atoms with Crippen LogP contribution in [0.5, 0.6) is 5.75 Å². The predicted molar refractivity (Wildman–Crippen MR) is 128 cm³/mol. The molecule has 0 spiro atoms. The first kappa shape index (κ1) is 22.8. The molecule has 0 aliphatic carbocycles. The van der Waals surface area contributed by atoms with Crippen molar-refractivity contribution in [3.8, 4) is 5.75 Å². The molecule has 0 saturated heterocycles. The summed E-state index contributed by atoms with van der Waals surface area (Å²) in [5.74, 6) is 0.0266. The summed E-state index contributed by atoms with van der Waals surface area (Å²) in [6, 6.07) is 13.2. The Labute approximate surface area is 196 Å². The van der Waals surface area contributed by atoms with E-state index in [9.17, 15) is 14.4 Å². The third kappa shape index (κ3) is 5.34. The summed E-state index contributed by atoms with van der Waals surface area (Å²) in [7, 11) is 1.46. The first-order valence-corrected chi connectivity index (χ1v) is 11.9. The fourth-order valence-corrected chi connectivity index (χ4v) is 4.79. The van der Waals surface area contributed by atoms with Crippen LogP contribution in [0.4, 0.5) is 0 Å². The zero-order valence-electron chi connectivity index (χ0n) is 18.6. The lowest BCUT2D eigenvalue weighted by molar-refractivity contribution is -0.131. The topological polar surface area (TPSA) is 80.6 Å². The highest BCUT2D eigenvalue weighted by Crippen LogP contribution is 2.23. The molecule has 2 amide bonds. The second-order valence-corrected chi connectivity index (χ2v) is 8.73. The Hall–Kier alpha value is -3.39. The average molecular weight is 466 g/mol. The maximum absolute atomic E-state index is 13.1. The second-order valence-electron chi connectivity index (χ2n) is 7.95. The van der Waals surface area contributed by atoms with Crippen LogP contribution >= 0.6 is 11.3 Å². The van der Waals surface area contributed by atoms with Gasteiger partial charge in [-0.25, -0.2) is 0 Å². The Morgan fingerprint density at radius 3 is 2.64 bits per heavy atom. The Balaban J connectivity index is 1.51. The number of methoxy groups -OCH3 is 1. The number of nitrogens with one attached hydrogen (secondary N) is 1. The van der Waals surface area contributed by atoms with Crippen LogP contribution < -0.4 is 15.6 Å². The molecule has 1 aliphatic rings. The summed E-state index contributed by atoms with van der Waals surface area (Å²) in [6.45, 7) is 1.63. The lowest BCUT2D eigenvalue weighted by Crippen LogP contribution is -2.34. The highest BCUT2D eigenvalue weighted by Gasteiger charge is 2.26. The van der Waals surface area contributed by atoms with E-state index in [0.717, 1.165) is 11.1 Å². The van der Waals surface area contributed by atoms with E-state index in [2.05, 4.69) is 5.32 Å². The number of aromatic nitrogens is 1. The number of fused-ring (bicyclic) bond motifs is 1. The summed E-state index contributed by atoms with van der Waals surface area (Å²) in [6.07, 6.45) is 1.49. The smallest absolute Gasteiger partial charge is 0.257 e.